The number of nitrogens with one attached hydrogen (secondary N) is 1. The second-order valence-electron chi connectivity index (χ2n) is 5.88. The van der Waals surface area contributed by atoms with Gasteiger partial charge in [0, 0.05) is 6.54 Å². The quantitative estimate of drug-likeness (QED) is 0.860. The predicted molar refractivity (Wildman–Crippen MR) is 91.0 cm³/mol. The van der Waals surface area contributed by atoms with Gasteiger partial charge in [0.1, 0.15) is 6.54 Å². The molecule has 0 aliphatic heterocycles. The van der Waals surface area contributed by atoms with E-state index in [-0.39, 0.29) is 12.5 Å². The minimum Gasteiger partial charge on any atom is -0.354 e. The first-order valence-electron chi connectivity index (χ1n) is 7.03. The van der Waals surface area contributed by atoms with Crippen LogP contribution in [0.5, 0.6) is 0 Å². The Morgan fingerprint density at radius 1 is 1.32 bits per heavy atom. The summed E-state index contributed by atoms with van der Waals surface area (Å²) in [5.74, 6) is -0.0597. The van der Waals surface area contributed by atoms with Crippen LogP contribution in [0.1, 0.15) is 25.0 Å². The number of carbonyl (C=O) groups is 1. The fraction of sp³-hybridized carbons (Fsp3) is 0.533. The Balaban J connectivity index is 3.14. The number of anilines is 1. The molecular weight excluding hydrogens is 324 g/mol. The SMILES string of the molecule is Cc1cc(C)c(N(CC(=O)NCC(C)C)S(C)(=O)=O)c(Cl)c1. The molecule has 0 saturated heterocycles. The van der Waals surface area contributed by atoms with Crippen molar-refractivity contribution >= 4 is 33.2 Å². The van der Waals surface area contributed by atoms with Crippen molar-refractivity contribution in [3.05, 3.63) is 28.3 Å². The highest BCUT2D eigenvalue weighted by molar-refractivity contribution is 7.92. The van der Waals surface area contributed by atoms with Crippen LogP contribution in [0.2, 0.25) is 5.02 Å². The van der Waals surface area contributed by atoms with Crippen molar-refractivity contribution in [2.75, 3.05) is 23.7 Å². The highest BCUT2D eigenvalue weighted by Crippen LogP contribution is 2.32. The summed E-state index contributed by atoms with van der Waals surface area (Å²) in [5.41, 5.74) is 2.01. The summed E-state index contributed by atoms with van der Waals surface area (Å²) < 4.78 is 25.2. The molecule has 7 heteroatoms. The third-order valence-corrected chi connectivity index (χ3v) is 4.44. The van der Waals surface area contributed by atoms with Crippen LogP contribution in [0.25, 0.3) is 0 Å². The van der Waals surface area contributed by atoms with E-state index >= 15 is 0 Å². The molecule has 1 aromatic carbocycles. The lowest BCUT2D eigenvalue weighted by atomic mass is 10.1. The average molecular weight is 347 g/mol. The fourth-order valence-corrected chi connectivity index (χ4v) is 3.49. The smallest absolute Gasteiger partial charge is 0.240 e. The Kier molecular flexibility index (Phi) is 6.26. The lowest BCUT2D eigenvalue weighted by molar-refractivity contribution is -0.119. The number of benzene rings is 1. The molecule has 0 aliphatic rings. The van der Waals surface area contributed by atoms with Gasteiger partial charge in [0.25, 0.3) is 0 Å². The maximum atomic E-state index is 12.1. The number of nitrogens with zero attached hydrogens (tertiary/aromatic N) is 1. The molecule has 1 rings (SSSR count). The molecule has 0 spiro atoms. The summed E-state index contributed by atoms with van der Waals surface area (Å²) in [4.78, 5) is 12.0. The first-order chi connectivity index (χ1) is 10.0. The van der Waals surface area contributed by atoms with Crippen LogP contribution in [0.15, 0.2) is 12.1 Å². The molecule has 0 unspecified atom stereocenters. The third-order valence-electron chi connectivity index (χ3n) is 3.04. The van der Waals surface area contributed by atoms with E-state index in [0.29, 0.717) is 28.7 Å². The zero-order chi connectivity index (χ0) is 17.1. The Morgan fingerprint density at radius 3 is 2.36 bits per heavy atom. The van der Waals surface area contributed by atoms with E-state index in [1.807, 2.05) is 26.8 Å². The van der Waals surface area contributed by atoms with Crippen LogP contribution in [0.3, 0.4) is 0 Å². The van der Waals surface area contributed by atoms with Crippen molar-refractivity contribution in [2.45, 2.75) is 27.7 Å². The fourth-order valence-electron chi connectivity index (χ4n) is 2.09. The molecule has 0 aliphatic carbocycles. The molecule has 0 fully saturated rings. The first-order valence-corrected chi connectivity index (χ1v) is 9.26. The van der Waals surface area contributed by atoms with Crippen LogP contribution in [-0.4, -0.2) is 33.7 Å². The van der Waals surface area contributed by atoms with Gasteiger partial charge in [-0.3, -0.25) is 9.10 Å². The van der Waals surface area contributed by atoms with E-state index in [1.165, 1.54) is 0 Å². The topological polar surface area (TPSA) is 66.5 Å². The summed E-state index contributed by atoms with van der Waals surface area (Å²) in [7, 11) is -3.62. The van der Waals surface area contributed by atoms with E-state index < -0.39 is 10.0 Å². The third kappa shape index (κ3) is 5.18. The lowest BCUT2D eigenvalue weighted by Gasteiger charge is -2.25. The normalized spacial score (nSPS) is 11.6. The van der Waals surface area contributed by atoms with Crippen LogP contribution < -0.4 is 9.62 Å². The summed E-state index contributed by atoms with van der Waals surface area (Å²) in [6, 6.07) is 3.53. The van der Waals surface area contributed by atoms with Gasteiger partial charge in [-0.05, 0) is 37.0 Å². The summed E-state index contributed by atoms with van der Waals surface area (Å²) in [6.45, 7) is 7.80. The molecule has 1 aromatic rings. The lowest BCUT2D eigenvalue weighted by Crippen LogP contribution is -2.41. The van der Waals surface area contributed by atoms with E-state index in [9.17, 15) is 13.2 Å². The molecule has 124 valence electrons. The largest absolute Gasteiger partial charge is 0.354 e. The van der Waals surface area contributed by atoms with Crippen molar-refractivity contribution in [2.24, 2.45) is 5.92 Å². The maximum Gasteiger partial charge on any atom is 0.240 e. The first kappa shape index (κ1) is 18.8. The Hall–Kier alpha value is -1.27. The summed E-state index contributed by atoms with van der Waals surface area (Å²) in [5, 5.41) is 3.04. The molecule has 0 bridgehead atoms. The minimum atomic E-state index is -3.62. The van der Waals surface area contributed by atoms with Gasteiger partial charge in [-0.15, -0.1) is 0 Å². The van der Waals surface area contributed by atoms with Crippen molar-refractivity contribution in [1.82, 2.24) is 5.32 Å². The molecule has 1 amide bonds. The molecule has 0 saturated carbocycles. The van der Waals surface area contributed by atoms with Gasteiger partial charge in [-0.25, -0.2) is 8.42 Å². The Bertz CT molecular complexity index is 634. The highest BCUT2D eigenvalue weighted by Gasteiger charge is 2.24. The molecule has 5 nitrogen and oxygen atoms in total. The number of halogens is 1. The number of sulfonamides is 1. The van der Waals surface area contributed by atoms with E-state index in [4.69, 9.17) is 11.6 Å². The van der Waals surface area contributed by atoms with Gasteiger partial charge in [0.05, 0.1) is 17.0 Å². The monoisotopic (exact) mass is 346 g/mol. The number of aryl methyl sites for hydroxylation is 2. The standard InChI is InChI=1S/C15H23ClN2O3S/c1-10(2)8-17-14(19)9-18(22(5,20)21)15-12(4)6-11(3)7-13(15)16/h6-7,10H,8-9H2,1-5H3,(H,17,19). The zero-order valence-electron chi connectivity index (χ0n) is 13.6. The van der Waals surface area contributed by atoms with E-state index in [1.54, 1.807) is 13.0 Å². The number of amides is 1. The maximum absolute atomic E-state index is 12.1. The van der Waals surface area contributed by atoms with Gasteiger partial charge in [0.15, 0.2) is 0 Å². The molecular formula is C15H23ClN2O3S. The van der Waals surface area contributed by atoms with Gasteiger partial charge >= 0.3 is 0 Å². The van der Waals surface area contributed by atoms with Gasteiger partial charge in [-0.1, -0.05) is 31.5 Å². The minimum absolute atomic E-state index is 0.283. The molecule has 0 aromatic heterocycles. The van der Waals surface area contributed by atoms with Crippen molar-refractivity contribution in [1.29, 1.82) is 0 Å². The van der Waals surface area contributed by atoms with Crippen LogP contribution in [0.4, 0.5) is 5.69 Å². The van der Waals surface area contributed by atoms with E-state index in [2.05, 4.69) is 5.32 Å². The summed E-state index contributed by atoms with van der Waals surface area (Å²) in [6.07, 6.45) is 1.07. The van der Waals surface area contributed by atoms with Gasteiger partial charge in [0.2, 0.25) is 15.9 Å². The Labute approximate surface area is 137 Å². The van der Waals surface area contributed by atoms with E-state index in [0.717, 1.165) is 16.1 Å². The van der Waals surface area contributed by atoms with Crippen LogP contribution in [-0.2, 0) is 14.8 Å². The molecule has 1 N–H and O–H groups in total. The molecule has 0 heterocycles. The molecule has 0 radical (unpaired) electrons. The average Bonchev–Trinajstić information content (AvgIpc) is 2.32. The van der Waals surface area contributed by atoms with Gasteiger partial charge in [-0.2, -0.15) is 0 Å². The highest BCUT2D eigenvalue weighted by atomic mass is 35.5. The van der Waals surface area contributed by atoms with Crippen molar-refractivity contribution in [3.63, 3.8) is 0 Å². The number of rotatable bonds is 6. The summed E-state index contributed by atoms with van der Waals surface area (Å²) >= 11 is 6.21. The van der Waals surface area contributed by atoms with Crippen LogP contribution in [0, 0.1) is 19.8 Å². The number of carbonyl (C=O) groups excluding carboxylic acids is 1. The molecule has 0 atom stereocenters. The zero-order valence-corrected chi connectivity index (χ0v) is 15.2. The van der Waals surface area contributed by atoms with Crippen molar-refractivity contribution in [3.8, 4) is 0 Å². The number of hydrogen-bond donors (Lipinski definition) is 1. The van der Waals surface area contributed by atoms with Gasteiger partial charge < -0.3 is 5.32 Å². The van der Waals surface area contributed by atoms with Crippen LogP contribution >= 0.6 is 11.6 Å². The Morgan fingerprint density at radius 2 is 1.91 bits per heavy atom. The predicted octanol–water partition coefficient (Wildman–Crippen LogP) is 2.50. The van der Waals surface area contributed by atoms with Crippen molar-refractivity contribution < 1.29 is 13.2 Å². The second-order valence-corrected chi connectivity index (χ2v) is 8.19. The number of hydrogen-bond acceptors (Lipinski definition) is 3. The second kappa shape index (κ2) is 7.33. The molecule has 22 heavy (non-hydrogen) atoms.